The molecule has 3 aromatic rings. The van der Waals surface area contributed by atoms with Crippen LogP contribution in [0, 0.1) is 0 Å². The molecule has 1 aliphatic heterocycles. The molecule has 2 heterocycles. The van der Waals surface area contributed by atoms with Crippen molar-refractivity contribution in [2.24, 2.45) is 0 Å². The number of nitrogens with zero attached hydrogens (tertiary/aromatic N) is 1. The van der Waals surface area contributed by atoms with Crippen LogP contribution in [-0.2, 0) is 27.2 Å². The highest BCUT2D eigenvalue weighted by Crippen LogP contribution is 2.24. The van der Waals surface area contributed by atoms with Crippen LogP contribution in [0.2, 0.25) is 0 Å². The molecule has 8 nitrogen and oxygen atoms in total. The van der Waals surface area contributed by atoms with Gasteiger partial charge in [-0.1, -0.05) is 55.5 Å². The van der Waals surface area contributed by atoms with E-state index in [1.54, 1.807) is 6.92 Å². The molecule has 0 radical (unpaired) electrons. The van der Waals surface area contributed by atoms with Crippen molar-refractivity contribution in [3.05, 3.63) is 71.9 Å². The molecule has 214 valence electrons. The first-order valence-electron chi connectivity index (χ1n) is 14.3. The van der Waals surface area contributed by atoms with E-state index in [9.17, 15) is 14.4 Å². The molecule has 0 aliphatic carbocycles. The molecule has 3 N–H and O–H groups in total. The Bertz CT molecular complexity index is 1310. The Morgan fingerprint density at radius 3 is 2.35 bits per heavy atom. The van der Waals surface area contributed by atoms with Crippen LogP contribution in [0.1, 0.15) is 64.5 Å². The summed E-state index contributed by atoms with van der Waals surface area (Å²) in [6.07, 6.45) is 5.38. The molecular weight excluding hydrogens is 504 g/mol. The van der Waals surface area contributed by atoms with Crippen LogP contribution in [0.25, 0.3) is 10.9 Å². The maximum absolute atomic E-state index is 14.1. The van der Waals surface area contributed by atoms with E-state index in [0.717, 1.165) is 41.3 Å². The molecule has 2 atom stereocenters. The minimum Gasteiger partial charge on any atom is -0.444 e. The average molecular weight is 547 g/mol. The number of hydrogen-bond acceptors (Lipinski definition) is 4. The smallest absolute Gasteiger partial charge is 0.408 e. The number of likely N-dealkylation sites (tertiary alicyclic amines) is 1. The molecule has 1 aliphatic rings. The third kappa shape index (κ3) is 7.23. The van der Waals surface area contributed by atoms with Crippen molar-refractivity contribution in [1.82, 2.24) is 20.5 Å². The van der Waals surface area contributed by atoms with Gasteiger partial charge >= 0.3 is 6.09 Å². The maximum Gasteiger partial charge on any atom is 0.408 e. The number of rotatable bonds is 10. The summed E-state index contributed by atoms with van der Waals surface area (Å²) in [6.45, 7) is 8.65. The number of amides is 3. The lowest BCUT2D eigenvalue weighted by molar-refractivity contribution is -0.138. The van der Waals surface area contributed by atoms with Crippen molar-refractivity contribution in [1.29, 1.82) is 0 Å². The highest BCUT2D eigenvalue weighted by Gasteiger charge is 2.40. The third-order valence-electron chi connectivity index (χ3n) is 7.87. The molecule has 1 fully saturated rings. The summed E-state index contributed by atoms with van der Waals surface area (Å²) < 4.78 is 5.67. The number of carbonyl (C=O) groups excluding carboxylic acids is 3. The van der Waals surface area contributed by atoms with Gasteiger partial charge in [-0.2, -0.15) is 0 Å². The highest BCUT2D eigenvalue weighted by molar-refractivity contribution is 5.95. The molecule has 2 aromatic carbocycles. The van der Waals surface area contributed by atoms with Crippen LogP contribution in [0.4, 0.5) is 4.79 Å². The van der Waals surface area contributed by atoms with Crippen molar-refractivity contribution < 1.29 is 19.1 Å². The van der Waals surface area contributed by atoms with Crippen molar-refractivity contribution in [2.45, 2.75) is 83.4 Å². The SMILES string of the molecule is CCC(C)(C)OC(=O)NC(C)(Cc1c[nH]c2ccccc12)C(=O)NC(Cc1ccccc1)C(=O)N1CCCCC1. The van der Waals surface area contributed by atoms with Crippen molar-refractivity contribution in [3.8, 4) is 0 Å². The number of benzene rings is 2. The Labute approximate surface area is 236 Å². The number of piperidine rings is 1. The molecule has 40 heavy (non-hydrogen) atoms. The average Bonchev–Trinajstić information content (AvgIpc) is 3.35. The van der Waals surface area contributed by atoms with Gasteiger partial charge in [0.05, 0.1) is 0 Å². The van der Waals surface area contributed by atoms with Crippen LogP contribution < -0.4 is 10.6 Å². The van der Waals surface area contributed by atoms with Crippen LogP contribution in [0.5, 0.6) is 0 Å². The standard InChI is InChI=1S/C32H42N4O4/c1-5-31(2,3)40-30(39)35-32(4,21-24-22-33-26-17-11-10-16-25(24)26)29(38)34-27(20-23-14-8-6-9-15-23)28(37)36-18-12-7-13-19-36/h6,8-11,14-17,22,27,33H,5,7,12-13,18-21H2,1-4H3,(H,34,38)(H,35,39). The molecule has 0 bridgehead atoms. The number of ether oxygens (including phenoxy) is 1. The van der Waals surface area contributed by atoms with Gasteiger partial charge < -0.3 is 25.3 Å². The summed E-state index contributed by atoms with van der Waals surface area (Å²) in [5.41, 5.74) is 0.696. The fourth-order valence-electron chi connectivity index (χ4n) is 5.12. The summed E-state index contributed by atoms with van der Waals surface area (Å²) in [5, 5.41) is 6.87. The van der Waals surface area contributed by atoms with Gasteiger partial charge in [-0.15, -0.1) is 0 Å². The van der Waals surface area contributed by atoms with Gasteiger partial charge in [-0.25, -0.2) is 4.79 Å². The minimum atomic E-state index is -1.39. The molecule has 0 saturated carbocycles. The van der Waals surface area contributed by atoms with Crippen LogP contribution in [0.3, 0.4) is 0 Å². The molecule has 1 saturated heterocycles. The van der Waals surface area contributed by atoms with E-state index in [1.807, 2.05) is 86.5 Å². The number of para-hydroxylation sites is 1. The Morgan fingerprint density at radius 2 is 1.65 bits per heavy atom. The Kier molecular flexibility index (Phi) is 9.17. The zero-order valence-corrected chi connectivity index (χ0v) is 24.1. The monoisotopic (exact) mass is 546 g/mol. The fraction of sp³-hybridized carbons (Fsp3) is 0.469. The Morgan fingerprint density at radius 1 is 0.975 bits per heavy atom. The van der Waals surface area contributed by atoms with Gasteiger partial charge in [0.25, 0.3) is 0 Å². The first-order valence-corrected chi connectivity index (χ1v) is 14.3. The van der Waals surface area contributed by atoms with Crippen molar-refractivity contribution in [2.75, 3.05) is 13.1 Å². The number of alkyl carbamates (subject to hydrolysis) is 1. The van der Waals surface area contributed by atoms with E-state index in [4.69, 9.17) is 4.74 Å². The normalized spacial score (nSPS) is 16.1. The lowest BCUT2D eigenvalue weighted by Crippen LogP contribution is -2.62. The van der Waals surface area contributed by atoms with Gasteiger partial charge in [0, 0.05) is 43.0 Å². The summed E-state index contributed by atoms with van der Waals surface area (Å²) in [7, 11) is 0. The number of H-pyrrole nitrogens is 1. The fourth-order valence-corrected chi connectivity index (χ4v) is 5.12. The molecule has 8 heteroatoms. The molecule has 3 amide bonds. The predicted molar refractivity (Wildman–Crippen MR) is 157 cm³/mol. The van der Waals surface area contributed by atoms with Crippen LogP contribution >= 0.6 is 0 Å². The largest absolute Gasteiger partial charge is 0.444 e. The second kappa shape index (κ2) is 12.6. The Balaban J connectivity index is 1.63. The van der Waals surface area contributed by atoms with E-state index < -0.39 is 29.2 Å². The van der Waals surface area contributed by atoms with E-state index in [2.05, 4.69) is 15.6 Å². The first kappa shape index (κ1) is 29.2. The number of aromatic nitrogens is 1. The van der Waals surface area contributed by atoms with Crippen LogP contribution in [0.15, 0.2) is 60.8 Å². The number of aromatic amines is 1. The molecule has 1 aromatic heterocycles. The van der Waals surface area contributed by atoms with Gasteiger partial charge in [-0.05, 0) is 63.6 Å². The zero-order chi connectivity index (χ0) is 28.8. The van der Waals surface area contributed by atoms with E-state index >= 15 is 0 Å². The van der Waals surface area contributed by atoms with E-state index in [-0.39, 0.29) is 12.3 Å². The third-order valence-corrected chi connectivity index (χ3v) is 7.87. The quantitative estimate of drug-likeness (QED) is 0.328. The van der Waals surface area contributed by atoms with E-state index in [1.165, 1.54) is 0 Å². The number of nitrogens with one attached hydrogen (secondary N) is 3. The second-order valence-corrected chi connectivity index (χ2v) is 11.6. The molecular formula is C32H42N4O4. The molecule has 4 rings (SSSR count). The van der Waals surface area contributed by atoms with E-state index in [0.29, 0.717) is 25.9 Å². The maximum atomic E-state index is 14.1. The summed E-state index contributed by atoms with van der Waals surface area (Å²) in [5.74, 6) is -0.531. The van der Waals surface area contributed by atoms with Gasteiger partial charge in [-0.3, -0.25) is 9.59 Å². The zero-order valence-electron chi connectivity index (χ0n) is 24.1. The molecule has 2 unspecified atom stereocenters. The van der Waals surface area contributed by atoms with Crippen molar-refractivity contribution >= 4 is 28.8 Å². The lowest BCUT2D eigenvalue weighted by atomic mass is 9.90. The topological polar surface area (TPSA) is 104 Å². The Hall–Kier alpha value is -3.81. The number of carbonyl (C=O) groups is 3. The highest BCUT2D eigenvalue weighted by atomic mass is 16.6. The minimum absolute atomic E-state index is 0.0963. The van der Waals surface area contributed by atoms with Crippen molar-refractivity contribution in [3.63, 3.8) is 0 Å². The summed E-state index contributed by atoms with van der Waals surface area (Å²) in [6, 6.07) is 16.8. The van der Waals surface area contributed by atoms with Crippen LogP contribution in [-0.4, -0.2) is 58.1 Å². The molecule has 0 spiro atoms. The number of hydrogen-bond donors (Lipinski definition) is 3. The first-order chi connectivity index (χ1) is 19.1. The summed E-state index contributed by atoms with van der Waals surface area (Å²) >= 11 is 0. The van der Waals surface area contributed by atoms with Gasteiger partial charge in [0.15, 0.2) is 0 Å². The van der Waals surface area contributed by atoms with Gasteiger partial charge in [0.1, 0.15) is 17.2 Å². The van der Waals surface area contributed by atoms with Gasteiger partial charge in [0.2, 0.25) is 11.8 Å². The summed E-state index contributed by atoms with van der Waals surface area (Å²) in [4.78, 5) is 46.0. The second-order valence-electron chi connectivity index (χ2n) is 11.6. The lowest BCUT2D eigenvalue weighted by Gasteiger charge is -2.35. The number of fused-ring (bicyclic) bond motifs is 1. The predicted octanol–water partition coefficient (Wildman–Crippen LogP) is 5.12.